The lowest BCUT2D eigenvalue weighted by Gasteiger charge is -2.16. The zero-order valence-corrected chi connectivity index (χ0v) is 14.7. The molecule has 0 radical (unpaired) electrons. The summed E-state index contributed by atoms with van der Waals surface area (Å²) >= 11 is 0. The molecule has 0 aliphatic rings. The first-order valence-electron chi connectivity index (χ1n) is 9.21. The molecule has 0 spiro atoms. The van der Waals surface area contributed by atoms with Crippen LogP contribution in [-0.2, 0) is 9.53 Å². The van der Waals surface area contributed by atoms with E-state index in [2.05, 4.69) is 6.92 Å². The smallest absolute Gasteiger partial charge is 0.332 e. The van der Waals surface area contributed by atoms with Crippen molar-refractivity contribution in [2.45, 2.75) is 110 Å². The fourth-order valence-corrected chi connectivity index (χ4v) is 2.68. The minimum Gasteiger partial charge on any atom is -0.479 e. The maximum Gasteiger partial charge on any atom is 0.332 e. The molecule has 0 bridgehead atoms. The van der Waals surface area contributed by atoms with Crippen LogP contribution in [-0.4, -0.2) is 23.4 Å². The first-order chi connectivity index (χ1) is 10.6. The summed E-state index contributed by atoms with van der Waals surface area (Å²) < 4.78 is 5.19. The van der Waals surface area contributed by atoms with Crippen molar-refractivity contribution < 1.29 is 14.6 Å². The SMILES string of the molecule is CCCCCCCCCCCCCCC(OC(C)N)C(=O)O. The van der Waals surface area contributed by atoms with Crippen molar-refractivity contribution in [3.05, 3.63) is 0 Å². The number of nitrogens with two attached hydrogens (primary N) is 1. The van der Waals surface area contributed by atoms with Crippen LogP contribution in [0.4, 0.5) is 0 Å². The molecule has 2 unspecified atom stereocenters. The van der Waals surface area contributed by atoms with Crippen LogP contribution < -0.4 is 5.73 Å². The summed E-state index contributed by atoms with van der Waals surface area (Å²) in [5, 5.41) is 9.02. The number of carbonyl (C=O) groups is 1. The molecule has 0 rings (SSSR count). The van der Waals surface area contributed by atoms with Crippen molar-refractivity contribution >= 4 is 5.97 Å². The zero-order chi connectivity index (χ0) is 16.6. The molecule has 4 nitrogen and oxygen atoms in total. The maximum absolute atomic E-state index is 11.0. The standard InChI is InChI=1S/C18H37NO3/c1-3-4-5-6-7-8-9-10-11-12-13-14-15-17(18(20)21)22-16(2)19/h16-17H,3-15,19H2,1-2H3,(H,20,21). The fourth-order valence-electron chi connectivity index (χ4n) is 2.68. The summed E-state index contributed by atoms with van der Waals surface area (Å²) in [5.74, 6) is -0.902. The van der Waals surface area contributed by atoms with Crippen molar-refractivity contribution in [2.24, 2.45) is 5.73 Å². The van der Waals surface area contributed by atoms with E-state index < -0.39 is 18.3 Å². The highest BCUT2D eigenvalue weighted by Gasteiger charge is 2.18. The predicted molar refractivity (Wildman–Crippen MR) is 91.9 cm³/mol. The predicted octanol–water partition coefficient (Wildman–Crippen LogP) is 4.85. The van der Waals surface area contributed by atoms with Gasteiger partial charge < -0.3 is 15.6 Å². The topological polar surface area (TPSA) is 72.5 Å². The van der Waals surface area contributed by atoms with Gasteiger partial charge >= 0.3 is 5.97 Å². The van der Waals surface area contributed by atoms with Crippen molar-refractivity contribution in [1.82, 2.24) is 0 Å². The van der Waals surface area contributed by atoms with Crippen LogP contribution in [0.15, 0.2) is 0 Å². The highest BCUT2D eigenvalue weighted by Crippen LogP contribution is 2.14. The van der Waals surface area contributed by atoms with Crippen LogP contribution in [0.5, 0.6) is 0 Å². The molecule has 0 aromatic carbocycles. The van der Waals surface area contributed by atoms with Crippen molar-refractivity contribution in [1.29, 1.82) is 0 Å². The lowest BCUT2D eigenvalue weighted by Crippen LogP contribution is -2.32. The Hall–Kier alpha value is -0.610. The van der Waals surface area contributed by atoms with E-state index in [9.17, 15) is 4.79 Å². The second-order valence-corrected chi connectivity index (χ2v) is 6.35. The zero-order valence-electron chi connectivity index (χ0n) is 14.7. The molecule has 0 aromatic rings. The summed E-state index contributed by atoms with van der Waals surface area (Å²) in [6, 6.07) is 0. The highest BCUT2D eigenvalue weighted by molar-refractivity contribution is 5.72. The van der Waals surface area contributed by atoms with Crippen molar-refractivity contribution in [3.8, 4) is 0 Å². The Morgan fingerprint density at radius 2 is 1.32 bits per heavy atom. The van der Waals surface area contributed by atoms with Crippen LogP contribution in [0.3, 0.4) is 0 Å². The Morgan fingerprint density at radius 3 is 1.68 bits per heavy atom. The molecule has 0 saturated carbocycles. The molecule has 0 aliphatic carbocycles. The molecule has 0 aromatic heterocycles. The van der Waals surface area contributed by atoms with Gasteiger partial charge in [0.15, 0.2) is 6.10 Å². The van der Waals surface area contributed by atoms with E-state index in [1.54, 1.807) is 6.92 Å². The average molecular weight is 315 g/mol. The summed E-state index contributed by atoms with van der Waals surface area (Å²) in [6.07, 6.45) is 14.6. The molecule has 0 fully saturated rings. The third-order valence-corrected chi connectivity index (χ3v) is 3.97. The van der Waals surface area contributed by atoms with Gasteiger partial charge in [-0.1, -0.05) is 84.0 Å². The van der Waals surface area contributed by atoms with Gasteiger partial charge in [0.25, 0.3) is 0 Å². The van der Waals surface area contributed by atoms with E-state index >= 15 is 0 Å². The number of carboxylic acids is 1. The molecule has 3 N–H and O–H groups in total. The van der Waals surface area contributed by atoms with Crippen molar-refractivity contribution in [3.63, 3.8) is 0 Å². The Labute approximate surface area is 136 Å². The lowest BCUT2D eigenvalue weighted by atomic mass is 10.0. The normalized spacial score (nSPS) is 14.0. The number of hydrogen-bond donors (Lipinski definition) is 2. The van der Waals surface area contributed by atoms with Gasteiger partial charge in [-0.25, -0.2) is 4.79 Å². The minimum absolute atomic E-state index is 0.515. The van der Waals surface area contributed by atoms with E-state index in [-0.39, 0.29) is 0 Å². The number of aliphatic carboxylic acids is 1. The summed E-state index contributed by atoms with van der Waals surface area (Å²) in [4.78, 5) is 11.0. The molecule has 132 valence electrons. The fraction of sp³-hybridized carbons (Fsp3) is 0.944. The Kier molecular flexibility index (Phi) is 14.9. The van der Waals surface area contributed by atoms with Gasteiger partial charge in [0.05, 0.1) is 0 Å². The highest BCUT2D eigenvalue weighted by atomic mass is 16.5. The number of hydrogen-bond acceptors (Lipinski definition) is 3. The van der Waals surface area contributed by atoms with Gasteiger partial charge in [-0.05, 0) is 13.3 Å². The number of carboxylic acid groups (broad SMARTS) is 1. The molecule has 4 heteroatoms. The van der Waals surface area contributed by atoms with Crippen LogP contribution in [0, 0.1) is 0 Å². The van der Waals surface area contributed by atoms with Crippen LogP contribution in [0.1, 0.15) is 97.3 Å². The van der Waals surface area contributed by atoms with E-state index in [0.29, 0.717) is 6.42 Å². The molecule has 0 amide bonds. The third kappa shape index (κ3) is 14.3. The van der Waals surface area contributed by atoms with Gasteiger partial charge in [0.1, 0.15) is 6.23 Å². The van der Waals surface area contributed by atoms with E-state index in [1.807, 2.05) is 0 Å². The van der Waals surface area contributed by atoms with Crippen LogP contribution in [0.2, 0.25) is 0 Å². The average Bonchev–Trinajstić information content (AvgIpc) is 2.46. The van der Waals surface area contributed by atoms with Gasteiger partial charge in [-0.3, -0.25) is 0 Å². The van der Waals surface area contributed by atoms with E-state index in [1.165, 1.54) is 64.2 Å². The van der Waals surface area contributed by atoms with Gasteiger partial charge in [0, 0.05) is 0 Å². The molecular weight excluding hydrogens is 278 g/mol. The minimum atomic E-state index is -0.902. The largest absolute Gasteiger partial charge is 0.479 e. The lowest BCUT2D eigenvalue weighted by molar-refractivity contribution is -0.154. The first kappa shape index (κ1) is 21.4. The second-order valence-electron chi connectivity index (χ2n) is 6.35. The maximum atomic E-state index is 11.0. The Morgan fingerprint density at radius 1 is 0.909 bits per heavy atom. The van der Waals surface area contributed by atoms with Gasteiger partial charge in [-0.15, -0.1) is 0 Å². The van der Waals surface area contributed by atoms with Crippen molar-refractivity contribution in [2.75, 3.05) is 0 Å². The quantitative estimate of drug-likeness (QED) is 0.315. The number of ether oxygens (including phenoxy) is 1. The molecule has 0 heterocycles. The number of unbranched alkanes of at least 4 members (excludes halogenated alkanes) is 11. The summed E-state index contributed by atoms with van der Waals surface area (Å²) in [7, 11) is 0. The second kappa shape index (κ2) is 15.3. The molecular formula is C18H37NO3. The van der Waals surface area contributed by atoms with Gasteiger partial charge in [-0.2, -0.15) is 0 Å². The molecule has 0 saturated heterocycles. The summed E-state index contributed by atoms with van der Waals surface area (Å²) in [6.45, 7) is 3.92. The van der Waals surface area contributed by atoms with Crippen LogP contribution >= 0.6 is 0 Å². The Bertz CT molecular complexity index is 257. The van der Waals surface area contributed by atoms with E-state index in [4.69, 9.17) is 15.6 Å². The molecule has 0 aliphatic heterocycles. The Balaban J connectivity index is 3.33. The van der Waals surface area contributed by atoms with Crippen LogP contribution in [0.25, 0.3) is 0 Å². The molecule has 2 atom stereocenters. The molecule has 22 heavy (non-hydrogen) atoms. The van der Waals surface area contributed by atoms with E-state index in [0.717, 1.165) is 12.8 Å². The third-order valence-electron chi connectivity index (χ3n) is 3.97. The van der Waals surface area contributed by atoms with Gasteiger partial charge in [0.2, 0.25) is 0 Å². The number of rotatable bonds is 16. The first-order valence-corrected chi connectivity index (χ1v) is 9.21. The summed E-state index contributed by atoms with van der Waals surface area (Å²) in [5.41, 5.74) is 5.48. The monoisotopic (exact) mass is 315 g/mol.